The molecular formula is C56H30OS. The van der Waals surface area contributed by atoms with E-state index in [2.05, 4.69) is 182 Å². The molecule has 14 rings (SSSR count). The fraction of sp³-hybridized carbons (Fsp3) is 0. The molecule has 14 aromatic rings. The molecule has 2 heteroatoms. The van der Waals surface area contributed by atoms with Crippen LogP contribution in [0.3, 0.4) is 0 Å². The van der Waals surface area contributed by atoms with Gasteiger partial charge in [-0.2, -0.15) is 0 Å². The van der Waals surface area contributed by atoms with Crippen molar-refractivity contribution in [3.8, 4) is 22.3 Å². The van der Waals surface area contributed by atoms with Gasteiger partial charge in [0.2, 0.25) is 0 Å². The van der Waals surface area contributed by atoms with Crippen LogP contribution in [0.1, 0.15) is 0 Å². The Morgan fingerprint density at radius 2 is 0.793 bits per heavy atom. The SMILES string of the molecule is c1ccc2c(c1)sc1cc3c4ccccc4c4cc(-c5ccc6oc7ccc(-c8ccc9c%10cccc%11cccc(c%12cccc8c%129)c%11%10)cc7c6c5)ccc4c3cc12. The number of fused-ring (bicyclic) bond motifs is 14. The van der Waals surface area contributed by atoms with Crippen molar-refractivity contribution in [2.75, 3.05) is 0 Å². The summed E-state index contributed by atoms with van der Waals surface area (Å²) in [5.41, 5.74) is 6.62. The Morgan fingerprint density at radius 1 is 0.276 bits per heavy atom. The largest absolute Gasteiger partial charge is 0.456 e. The maximum absolute atomic E-state index is 6.49. The second-order valence-electron chi connectivity index (χ2n) is 15.9. The molecule has 0 aliphatic rings. The van der Waals surface area contributed by atoms with E-state index in [-0.39, 0.29) is 0 Å². The topological polar surface area (TPSA) is 13.1 Å². The van der Waals surface area contributed by atoms with E-state index < -0.39 is 0 Å². The predicted molar refractivity (Wildman–Crippen MR) is 251 cm³/mol. The molecule has 0 bridgehead atoms. The summed E-state index contributed by atoms with van der Waals surface area (Å²) in [5.74, 6) is 0. The highest BCUT2D eigenvalue weighted by Crippen LogP contribution is 2.46. The summed E-state index contributed by atoms with van der Waals surface area (Å²) >= 11 is 1.89. The minimum Gasteiger partial charge on any atom is -0.456 e. The van der Waals surface area contributed by atoms with Gasteiger partial charge in [-0.05, 0) is 146 Å². The van der Waals surface area contributed by atoms with Crippen molar-refractivity contribution in [2.24, 2.45) is 0 Å². The van der Waals surface area contributed by atoms with Crippen LogP contribution in [0, 0.1) is 0 Å². The first-order valence-electron chi connectivity index (χ1n) is 20.0. The van der Waals surface area contributed by atoms with E-state index in [0.717, 1.165) is 21.9 Å². The fourth-order valence-electron chi connectivity index (χ4n) is 10.4. The van der Waals surface area contributed by atoms with E-state index in [9.17, 15) is 0 Å². The maximum Gasteiger partial charge on any atom is 0.135 e. The number of rotatable bonds is 2. The van der Waals surface area contributed by atoms with Gasteiger partial charge in [0.1, 0.15) is 11.2 Å². The van der Waals surface area contributed by atoms with Gasteiger partial charge in [-0.1, -0.05) is 133 Å². The molecule has 0 aliphatic heterocycles. The van der Waals surface area contributed by atoms with Gasteiger partial charge in [-0.25, -0.2) is 0 Å². The highest BCUT2D eigenvalue weighted by Gasteiger charge is 2.18. The van der Waals surface area contributed by atoms with Crippen molar-refractivity contribution in [1.29, 1.82) is 0 Å². The first kappa shape index (κ1) is 30.9. The van der Waals surface area contributed by atoms with Gasteiger partial charge in [0.25, 0.3) is 0 Å². The standard InChI is InChI=1S/C56H30OS/c1-2-11-37-36(10-1)45-26-32(18-21-38(45)46-29-50-39-12-3-4-17-53(39)58-54(50)30-47(37)46)33-19-24-51-48(27-33)49-28-34(20-25-52(49)57-51)35-22-23-44-42-14-6-9-31-8-5-13-41(55(31)42)43-16-7-15-40(35)56(43)44/h1-30H. The summed E-state index contributed by atoms with van der Waals surface area (Å²) in [6, 6.07) is 67.8. The molecule has 1 nitrogen and oxygen atoms in total. The Balaban J connectivity index is 0.953. The van der Waals surface area contributed by atoms with Crippen LogP contribution in [0.5, 0.6) is 0 Å². The summed E-state index contributed by atoms with van der Waals surface area (Å²) in [6.07, 6.45) is 0. The Kier molecular flexibility index (Phi) is 5.96. The molecule has 0 aliphatic carbocycles. The average molecular weight is 751 g/mol. The molecule has 0 saturated heterocycles. The van der Waals surface area contributed by atoms with E-state index in [1.807, 2.05) is 11.3 Å². The van der Waals surface area contributed by atoms with Gasteiger partial charge in [0.05, 0.1) is 0 Å². The van der Waals surface area contributed by atoms with Crippen LogP contribution in [-0.2, 0) is 0 Å². The first-order chi connectivity index (χ1) is 28.7. The Morgan fingerprint density at radius 3 is 1.57 bits per heavy atom. The van der Waals surface area contributed by atoms with Crippen molar-refractivity contribution >= 4 is 129 Å². The zero-order chi connectivity index (χ0) is 37.6. The lowest BCUT2D eigenvalue weighted by molar-refractivity contribution is 0.669. The number of benzene rings is 12. The highest BCUT2D eigenvalue weighted by atomic mass is 32.1. The minimum absolute atomic E-state index is 0.904. The smallest absolute Gasteiger partial charge is 0.135 e. The Bertz CT molecular complexity index is 4040. The van der Waals surface area contributed by atoms with Crippen LogP contribution in [0.25, 0.3) is 140 Å². The number of thiophene rings is 1. The lowest BCUT2D eigenvalue weighted by Gasteiger charge is -2.16. The van der Waals surface area contributed by atoms with Crippen LogP contribution in [0.15, 0.2) is 186 Å². The van der Waals surface area contributed by atoms with Gasteiger partial charge >= 0.3 is 0 Å². The van der Waals surface area contributed by atoms with E-state index in [1.165, 1.54) is 118 Å². The van der Waals surface area contributed by atoms with Crippen LogP contribution in [0.2, 0.25) is 0 Å². The first-order valence-corrected chi connectivity index (χ1v) is 20.8. The second-order valence-corrected chi connectivity index (χ2v) is 17.0. The van der Waals surface area contributed by atoms with Crippen LogP contribution in [0.4, 0.5) is 0 Å². The Labute approximate surface area is 335 Å². The molecule has 0 saturated carbocycles. The zero-order valence-corrected chi connectivity index (χ0v) is 32.0. The van der Waals surface area contributed by atoms with E-state index in [0.29, 0.717) is 0 Å². The van der Waals surface area contributed by atoms with Crippen LogP contribution >= 0.6 is 11.3 Å². The number of hydrogen-bond acceptors (Lipinski definition) is 2. The van der Waals surface area contributed by atoms with Gasteiger partial charge < -0.3 is 4.42 Å². The number of hydrogen-bond donors (Lipinski definition) is 0. The van der Waals surface area contributed by atoms with Crippen LogP contribution < -0.4 is 0 Å². The van der Waals surface area contributed by atoms with E-state index in [1.54, 1.807) is 0 Å². The van der Waals surface area contributed by atoms with Gasteiger partial charge in [0, 0.05) is 30.9 Å². The quantitative estimate of drug-likeness (QED) is 0.127. The summed E-state index contributed by atoms with van der Waals surface area (Å²) in [5, 5.41) is 23.2. The zero-order valence-electron chi connectivity index (χ0n) is 31.1. The van der Waals surface area contributed by atoms with Crippen molar-refractivity contribution in [1.82, 2.24) is 0 Å². The molecule has 2 heterocycles. The van der Waals surface area contributed by atoms with Crippen molar-refractivity contribution in [2.45, 2.75) is 0 Å². The normalized spacial score (nSPS) is 12.5. The molecule has 266 valence electrons. The van der Waals surface area contributed by atoms with Gasteiger partial charge in [-0.15, -0.1) is 11.3 Å². The summed E-state index contributed by atoms with van der Waals surface area (Å²) in [4.78, 5) is 0. The molecule has 0 atom stereocenters. The van der Waals surface area contributed by atoms with E-state index in [4.69, 9.17) is 4.42 Å². The van der Waals surface area contributed by atoms with E-state index >= 15 is 0 Å². The molecule has 0 unspecified atom stereocenters. The van der Waals surface area contributed by atoms with Crippen molar-refractivity contribution in [3.63, 3.8) is 0 Å². The lowest BCUT2D eigenvalue weighted by Crippen LogP contribution is -1.89. The summed E-state index contributed by atoms with van der Waals surface area (Å²) < 4.78 is 9.17. The lowest BCUT2D eigenvalue weighted by atomic mass is 9.87. The maximum atomic E-state index is 6.49. The van der Waals surface area contributed by atoms with Crippen molar-refractivity contribution < 1.29 is 4.42 Å². The summed E-state index contributed by atoms with van der Waals surface area (Å²) in [7, 11) is 0. The third-order valence-corrected chi connectivity index (χ3v) is 14.1. The third kappa shape index (κ3) is 4.09. The second kappa shape index (κ2) is 11.2. The molecule has 0 radical (unpaired) electrons. The van der Waals surface area contributed by atoms with Gasteiger partial charge in [0.15, 0.2) is 0 Å². The van der Waals surface area contributed by atoms with Crippen molar-refractivity contribution in [3.05, 3.63) is 182 Å². The molecule has 0 amide bonds. The van der Waals surface area contributed by atoms with Crippen LogP contribution in [-0.4, -0.2) is 0 Å². The molecule has 12 aromatic carbocycles. The average Bonchev–Trinajstić information content (AvgIpc) is 3.84. The van der Waals surface area contributed by atoms with Gasteiger partial charge in [-0.3, -0.25) is 0 Å². The summed E-state index contributed by atoms with van der Waals surface area (Å²) in [6.45, 7) is 0. The molecule has 58 heavy (non-hydrogen) atoms. The molecule has 0 fully saturated rings. The molecule has 0 spiro atoms. The monoisotopic (exact) mass is 750 g/mol. The fourth-order valence-corrected chi connectivity index (χ4v) is 11.5. The Hall–Kier alpha value is -7.26. The number of furan rings is 1. The third-order valence-electron chi connectivity index (χ3n) is 13.0. The molecule has 0 N–H and O–H groups in total. The molecule has 2 aromatic heterocycles. The minimum atomic E-state index is 0.904. The predicted octanol–water partition coefficient (Wildman–Crippen LogP) is 16.8. The highest BCUT2D eigenvalue weighted by molar-refractivity contribution is 7.25. The molecular weight excluding hydrogens is 721 g/mol.